The summed E-state index contributed by atoms with van der Waals surface area (Å²) in [5.41, 5.74) is 0.247. The van der Waals surface area contributed by atoms with Crippen LogP contribution in [0.15, 0.2) is 28.2 Å². The minimum absolute atomic E-state index is 0.140. The molecular formula is C13H16N2O2S. The molecule has 0 unspecified atom stereocenters. The Balaban J connectivity index is 1.98. The highest BCUT2D eigenvalue weighted by molar-refractivity contribution is 7.09. The molecule has 2 rings (SSSR count). The molecular weight excluding hydrogens is 248 g/mol. The number of carbonyl (C=O) groups is 1. The van der Waals surface area contributed by atoms with Crippen LogP contribution in [0.1, 0.15) is 35.1 Å². The Kier molecular flexibility index (Phi) is 3.52. The van der Waals surface area contributed by atoms with Crippen molar-refractivity contribution in [2.24, 2.45) is 0 Å². The molecule has 0 bridgehead atoms. The van der Waals surface area contributed by atoms with Gasteiger partial charge >= 0.3 is 0 Å². The number of aromatic nitrogens is 1. The second-order valence-corrected chi connectivity index (χ2v) is 5.86. The zero-order chi connectivity index (χ0) is 13.2. The van der Waals surface area contributed by atoms with Gasteiger partial charge in [-0.1, -0.05) is 13.8 Å². The molecule has 0 spiro atoms. The number of thiazole rings is 1. The van der Waals surface area contributed by atoms with E-state index < -0.39 is 0 Å². The quantitative estimate of drug-likeness (QED) is 0.923. The Morgan fingerprint density at radius 3 is 2.89 bits per heavy atom. The number of aryl methyl sites for hydroxylation is 1. The van der Waals surface area contributed by atoms with Gasteiger partial charge in [-0.3, -0.25) is 4.79 Å². The maximum Gasteiger partial charge on any atom is 0.270 e. The second-order valence-electron chi connectivity index (χ2n) is 4.80. The smallest absolute Gasteiger partial charge is 0.270 e. The molecule has 0 aliphatic carbocycles. The van der Waals surface area contributed by atoms with E-state index in [2.05, 4.69) is 10.3 Å². The van der Waals surface area contributed by atoms with Crippen molar-refractivity contribution in [3.8, 4) is 0 Å². The number of hydrogen-bond donors (Lipinski definition) is 1. The van der Waals surface area contributed by atoms with Crippen LogP contribution in [-0.2, 0) is 5.41 Å². The van der Waals surface area contributed by atoms with Gasteiger partial charge in [-0.05, 0) is 19.1 Å². The number of nitrogens with one attached hydrogen (secondary N) is 1. The molecule has 0 atom stereocenters. The van der Waals surface area contributed by atoms with Crippen molar-refractivity contribution in [3.05, 3.63) is 40.2 Å². The fraction of sp³-hybridized carbons (Fsp3) is 0.385. The first-order chi connectivity index (χ1) is 8.49. The third kappa shape index (κ3) is 2.79. The van der Waals surface area contributed by atoms with Gasteiger partial charge in [0.25, 0.3) is 5.91 Å². The molecule has 0 aromatic carbocycles. The Morgan fingerprint density at radius 2 is 2.33 bits per heavy atom. The lowest BCUT2D eigenvalue weighted by Crippen LogP contribution is -2.36. The number of carbonyl (C=O) groups excluding carboxylic acids is 1. The largest absolute Gasteiger partial charge is 0.469 e. The summed E-state index contributed by atoms with van der Waals surface area (Å²) in [6.07, 6.45) is 1.64. The average Bonchev–Trinajstić information content (AvgIpc) is 2.96. The van der Waals surface area contributed by atoms with E-state index in [4.69, 9.17) is 4.42 Å². The van der Waals surface area contributed by atoms with Gasteiger partial charge in [-0.2, -0.15) is 0 Å². The highest BCUT2D eigenvalue weighted by Crippen LogP contribution is 2.22. The molecule has 0 aliphatic rings. The number of amides is 1. The summed E-state index contributed by atoms with van der Waals surface area (Å²) in [6, 6.07) is 3.77. The molecule has 0 fully saturated rings. The van der Waals surface area contributed by atoms with E-state index >= 15 is 0 Å². The van der Waals surface area contributed by atoms with E-state index in [-0.39, 0.29) is 11.3 Å². The predicted molar refractivity (Wildman–Crippen MR) is 70.9 cm³/mol. The van der Waals surface area contributed by atoms with Crippen molar-refractivity contribution in [1.29, 1.82) is 0 Å². The van der Waals surface area contributed by atoms with Crippen LogP contribution in [0.4, 0.5) is 0 Å². The van der Waals surface area contributed by atoms with Crippen LogP contribution in [0.2, 0.25) is 0 Å². The Morgan fingerprint density at radius 1 is 1.56 bits per heavy atom. The first-order valence-electron chi connectivity index (χ1n) is 5.73. The summed E-state index contributed by atoms with van der Waals surface area (Å²) in [6.45, 7) is 6.45. The fourth-order valence-corrected chi connectivity index (χ4v) is 2.20. The summed E-state index contributed by atoms with van der Waals surface area (Å²) in [5, 5.41) is 5.55. The minimum Gasteiger partial charge on any atom is -0.469 e. The van der Waals surface area contributed by atoms with Crippen molar-refractivity contribution in [3.63, 3.8) is 0 Å². The summed E-state index contributed by atoms with van der Waals surface area (Å²) >= 11 is 1.47. The molecule has 1 amide bonds. The lowest BCUT2D eigenvalue weighted by Gasteiger charge is -2.22. The van der Waals surface area contributed by atoms with E-state index in [1.165, 1.54) is 11.3 Å². The molecule has 0 saturated heterocycles. The molecule has 0 saturated carbocycles. The number of nitrogens with zero attached hydrogens (tertiary/aromatic N) is 1. The Bertz CT molecular complexity index is 529. The summed E-state index contributed by atoms with van der Waals surface area (Å²) < 4.78 is 5.38. The van der Waals surface area contributed by atoms with Crippen LogP contribution in [0, 0.1) is 6.92 Å². The van der Waals surface area contributed by atoms with Gasteiger partial charge in [-0.15, -0.1) is 11.3 Å². The lowest BCUT2D eigenvalue weighted by atomic mass is 9.90. The number of hydrogen-bond acceptors (Lipinski definition) is 4. The van der Waals surface area contributed by atoms with Gasteiger partial charge in [0.2, 0.25) is 0 Å². The maximum atomic E-state index is 11.9. The van der Waals surface area contributed by atoms with Crippen LogP contribution >= 0.6 is 11.3 Å². The van der Waals surface area contributed by atoms with Crippen LogP contribution in [0.3, 0.4) is 0 Å². The number of furan rings is 1. The van der Waals surface area contributed by atoms with Crippen molar-refractivity contribution in [2.75, 3.05) is 6.54 Å². The van der Waals surface area contributed by atoms with Crippen LogP contribution in [0.5, 0.6) is 0 Å². The monoisotopic (exact) mass is 264 g/mol. The Labute approximate surface area is 110 Å². The van der Waals surface area contributed by atoms with Crippen molar-refractivity contribution in [2.45, 2.75) is 26.2 Å². The second kappa shape index (κ2) is 4.94. The fourth-order valence-electron chi connectivity index (χ4n) is 1.61. The Hall–Kier alpha value is -1.62. The molecule has 18 heavy (non-hydrogen) atoms. The third-order valence-corrected chi connectivity index (χ3v) is 3.50. The van der Waals surface area contributed by atoms with Gasteiger partial charge in [0.1, 0.15) is 11.5 Å². The van der Waals surface area contributed by atoms with Gasteiger partial charge < -0.3 is 9.73 Å². The van der Waals surface area contributed by atoms with E-state index in [0.717, 1.165) is 10.8 Å². The van der Waals surface area contributed by atoms with Crippen LogP contribution in [-0.4, -0.2) is 17.4 Å². The van der Waals surface area contributed by atoms with Gasteiger partial charge in [0, 0.05) is 17.3 Å². The normalized spacial score (nSPS) is 11.5. The summed E-state index contributed by atoms with van der Waals surface area (Å²) in [5.74, 6) is 0.719. The van der Waals surface area contributed by atoms with Gasteiger partial charge in [0.15, 0.2) is 0 Å². The van der Waals surface area contributed by atoms with Crippen molar-refractivity contribution >= 4 is 17.2 Å². The highest BCUT2D eigenvalue weighted by atomic mass is 32.1. The molecule has 0 aliphatic heterocycles. The van der Waals surface area contributed by atoms with Gasteiger partial charge in [-0.25, -0.2) is 4.98 Å². The highest BCUT2D eigenvalue weighted by Gasteiger charge is 2.24. The third-order valence-electron chi connectivity index (χ3n) is 2.73. The van der Waals surface area contributed by atoms with Crippen molar-refractivity contribution in [1.82, 2.24) is 10.3 Å². The molecule has 5 heteroatoms. The van der Waals surface area contributed by atoms with E-state index in [1.54, 1.807) is 11.6 Å². The molecule has 2 aromatic heterocycles. The van der Waals surface area contributed by atoms with Crippen molar-refractivity contribution < 1.29 is 9.21 Å². The molecule has 1 N–H and O–H groups in total. The summed E-state index contributed by atoms with van der Waals surface area (Å²) in [4.78, 5) is 16.0. The van der Waals surface area contributed by atoms with Crippen LogP contribution in [0.25, 0.3) is 0 Å². The summed E-state index contributed by atoms with van der Waals surface area (Å²) in [7, 11) is 0. The van der Waals surface area contributed by atoms with E-state index in [9.17, 15) is 4.79 Å². The standard InChI is InChI=1S/C13H16N2O2S/c1-9-15-10(7-18-9)12(16)14-8-13(2,3)11-5-4-6-17-11/h4-7H,8H2,1-3H3,(H,14,16). The van der Waals surface area contributed by atoms with E-state index in [0.29, 0.717) is 12.2 Å². The maximum absolute atomic E-state index is 11.9. The molecule has 2 aromatic rings. The molecule has 4 nitrogen and oxygen atoms in total. The topological polar surface area (TPSA) is 55.1 Å². The van der Waals surface area contributed by atoms with E-state index in [1.807, 2.05) is 32.9 Å². The van der Waals surface area contributed by atoms with Gasteiger partial charge in [0.05, 0.1) is 11.3 Å². The first kappa shape index (κ1) is 12.8. The zero-order valence-corrected chi connectivity index (χ0v) is 11.5. The molecule has 96 valence electrons. The zero-order valence-electron chi connectivity index (χ0n) is 10.7. The average molecular weight is 264 g/mol. The SMILES string of the molecule is Cc1nc(C(=O)NCC(C)(C)c2ccco2)cs1. The molecule has 0 radical (unpaired) electrons. The first-order valence-corrected chi connectivity index (χ1v) is 6.61. The lowest BCUT2D eigenvalue weighted by molar-refractivity contribution is 0.0939. The molecule has 2 heterocycles. The van der Waals surface area contributed by atoms with Crippen LogP contribution < -0.4 is 5.32 Å². The predicted octanol–water partition coefficient (Wildman–Crippen LogP) is 2.75. The minimum atomic E-state index is -0.232. The number of rotatable bonds is 4.